The maximum absolute atomic E-state index is 14.0. The summed E-state index contributed by atoms with van der Waals surface area (Å²) in [5, 5.41) is 14.4. The molecule has 3 saturated heterocycles. The highest BCUT2D eigenvalue weighted by Crippen LogP contribution is 2.41. The number of halogens is 4. The Kier molecular flexibility index (Phi) is 10.4. The van der Waals surface area contributed by atoms with E-state index in [2.05, 4.69) is 22.2 Å². The van der Waals surface area contributed by atoms with E-state index in [-0.39, 0.29) is 42.3 Å². The fraction of sp³-hybridized carbons (Fsp3) is 0.606. The molecule has 10 nitrogen and oxygen atoms in total. The van der Waals surface area contributed by atoms with Gasteiger partial charge in [-0.05, 0) is 68.3 Å². The molecule has 1 atom stereocenters. The summed E-state index contributed by atoms with van der Waals surface area (Å²) in [6.45, 7) is 6.31. The number of phenolic OH excluding ortho intramolecular Hbond substituents is 1. The van der Waals surface area contributed by atoms with Crippen molar-refractivity contribution in [2.24, 2.45) is 5.92 Å². The Morgan fingerprint density at radius 3 is 2.31 bits per heavy atom. The molecule has 15 heteroatoms. The molecule has 4 aliphatic heterocycles. The van der Waals surface area contributed by atoms with Gasteiger partial charge in [-0.3, -0.25) is 14.5 Å². The highest BCUT2D eigenvalue weighted by atomic mass is 35.5. The van der Waals surface area contributed by atoms with Crippen molar-refractivity contribution in [1.82, 2.24) is 24.5 Å². The Bertz CT molecular complexity index is 1500. The van der Waals surface area contributed by atoms with E-state index in [9.17, 15) is 32.7 Å². The predicted molar refractivity (Wildman–Crippen MR) is 177 cm³/mol. The van der Waals surface area contributed by atoms with Crippen LogP contribution >= 0.6 is 22.9 Å². The number of amides is 4. The number of benzene rings is 1. The topological polar surface area (TPSA) is 99.7 Å². The summed E-state index contributed by atoms with van der Waals surface area (Å²) in [7, 11) is 2.11. The van der Waals surface area contributed by atoms with E-state index < -0.39 is 28.4 Å². The molecule has 2 N–H and O–H groups in total. The predicted octanol–water partition coefficient (Wildman–Crippen LogP) is 4.95. The van der Waals surface area contributed by atoms with Gasteiger partial charge in [-0.25, -0.2) is 4.79 Å². The van der Waals surface area contributed by atoms with Crippen LogP contribution in [0.4, 0.5) is 23.7 Å². The van der Waals surface area contributed by atoms with Gasteiger partial charge in [0.05, 0.1) is 28.7 Å². The number of hydrogen-bond acceptors (Lipinski definition) is 7. The van der Waals surface area contributed by atoms with Crippen LogP contribution in [-0.4, -0.2) is 119 Å². The van der Waals surface area contributed by atoms with Crippen molar-refractivity contribution in [2.75, 3.05) is 64.7 Å². The third-order valence-electron chi connectivity index (χ3n) is 10.3. The molecular formula is C33H42ClF3N6O4S. The summed E-state index contributed by atoms with van der Waals surface area (Å²) in [5.74, 6) is -2.46. The largest absolute Gasteiger partial charge is 0.506 e. The first-order valence-electron chi connectivity index (χ1n) is 16.6. The molecule has 0 spiro atoms. The van der Waals surface area contributed by atoms with Crippen LogP contribution in [0, 0.1) is 5.92 Å². The second-order valence-electron chi connectivity index (χ2n) is 13.4. The average Bonchev–Trinajstić information content (AvgIpc) is 3.52. The number of anilines is 1. The first kappa shape index (κ1) is 34.8. The third kappa shape index (κ3) is 7.71. The number of alkyl halides is 3. The second kappa shape index (κ2) is 14.4. The Balaban J connectivity index is 1.13. The Morgan fingerprint density at radius 1 is 1.00 bits per heavy atom. The quantitative estimate of drug-likeness (QED) is 0.422. The normalized spacial score (nSPS) is 21.3. The number of thiophene rings is 1. The Morgan fingerprint density at radius 2 is 1.65 bits per heavy atom. The molecular weight excluding hydrogens is 669 g/mol. The zero-order valence-corrected chi connectivity index (χ0v) is 28.5. The highest BCUT2D eigenvalue weighted by molar-refractivity contribution is 7.10. The lowest BCUT2D eigenvalue weighted by Crippen LogP contribution is -2.54. The molecule has 0 bridgehead atoms. The molecule has 0 saturated carbocycles. The maximum Gasteiger partial charge on any atom is 0.420 e. The molecule has 2 aromatic rings. The summed E-state index contributed by atoms with van der Waals surface area (Å²) in [6, 6.07) is 4.12. The van der Waals surface area contributed by atoms with E-state index in [0.717, 1.165) is 55.7 Å². The van der Waals surface area contributed by atoms with E-state index in [4.69, 9.17) is 11.6 Å². The van der Waals surface area contributed by atoms with Gasteiger partial charge in [0.15, 0.2) is 0 Å². The van der Waals surface area contributed by atoms with Crippen LogP contribution in [-0.2, 0) is 28.7 Å². The van der Waals surface area contributed by atoms with Gasteiger partial charge < -0.3 is 30.0 Å². The molecule has 1 aromatic heterocycles. The van der Waals surface area contributed by atoms with Crippen molar-refractivity contribution in [3.05, 3.63) is 44.6 Å². The zero-order chi connectivity index (χ0) is 34.2. The van der Waals surface area contributed by atoms with Crippen LogP contribution in [0.5, 0.6) is 5.75 Å². The number of likely N-dealkylation sites (N-methyl/N-ethyl adjacent to an activating group) is 1. The summed E-state index contributed by atoms with van der Waals surface area (Å²) in [4.78, 5) is 51.6. The van der Waals surface area contributed by atoms with Crippen LogP contribution in [0.2, 0.25) is 5.02 Å². The van der Waals surface area contributed by atoms with Crippen LogP contribution < -0.4 is 5.32 Å². The minimum Gasteiger partial charge on any atom is -0.506 e. The minimum absolute atomic E-state index is 0.0387. The number of likely N-dealkylation sites (tertiary alicyclic amines) is 2. The van der Waals surface area contributed by atoms with Gasteiger partial charge in [0, 0.05) is 75.7 Å². The number of rotatable bonds is 7. The number of urea groups is 1. The number of nitrogens with one attached hydrogen (secondary N) is 1. The number of aromatic hydroxyl groups is 1. The Labute approximate surface area is 287 Å². The molecule has 3 fully saturated rings. The average molecular weight is 711 g/mol. The maximum atomic E-state index is 14.0. The standard InChI is InChI=1S/C33H42ClF3N6O4S/c1-39-11-13-40(14-12-39)23-2-9-42(10-3-23)31(46)22(16-21-17-25(33(35,36)37)30(45)26(34)18-21)19-29(44)41-7-4-24(5-8-41)43-20-28-27(6-15-48-28)38-32(43)47/h6,15,17-18,22-24,45H,2-5,7-14,16,19-20H2,1H3,(H,38,47)/t22-/m0/s1. The minimum atomic E-state index is -4.84. The van der Waals surface area contributed by atoms with Crippen molar-refractivity contribution in [1.29, 1.82) is 0 Å². The molecule has 0 radical (unpaired) electrons. The van der Waals surface area contributed by atoms with Crippen molar-refractivity contribution >= 4 is 46.5 Å². The van der Waals surface area contributed by atoms with E-state index in [1.54, 1.807) is 21.1 Å². The number of phenols is 1. The SMILES string of the molecule is CN1CCN(C2CCN(C(=O)[C@H](CC(=O)N3CCC(N4Cc5sccc5NC4=O)CC3)Cc3cc(Cl)c(O)c(C(F)(F)F)c3)CC2)CC1. The van der Waals surface area contributed by atoms with Gasteiger partial charge in [0.25, 0.3) is 0 Å². The smallest absolute Gasteiger partial charge is 0.420 e. The molecule has 1 aromatic carbocycles. The van der Waals surface area contributed by atoms with Crippen LogP contribution in [0.3, 0.4) is 0 Å². The second-order valence-corrected chi connectivity index (χ2v) is 14.8. The lowest BCUT2D eigenvalue weighted by atomic mass is 9.91. The van der Waals surface area contributed by atoms with E-state index in [1.807, 2.05) is 16.3 Å². The molecule has 4 aliphatic rings. The number of piperidine rings is 2. The van der Waals surface area contributed by atoms with Crippen molar-refractivity contribution in [2.45, 2.75) is 63.3 Å². The fourth-order valence-electron chi connectivity index (χ4n) is 7.47. The number of fused-ring (bicyclic) bond motifs is 1. The van der Waals surface area contributed by atoms with E-state index >= 15 is 0 Å². The monoisotopic (exact) mass is 710 g/mol. The molecule has 48 heavy (non-hydrogen) atoms. The lowest BCUT2D eigenvalue weighted by molar-refractivity contribution is -0.143. The molecule has 262 valence electrons. The number of carbonyl (C=O) groups is 3. The summed E-state index contributed by atoms with van der Waals surface area (Å²) >= 11 is 7.60. The molecule has 6 rings (SSSR count). The Hall–Kier alpha value is -3.07. The van der Waals surface area contributed by atoms with Crippen molar-refractivity contribution in [3.63, 3.8) is 0 Å². The van der Waals surface area contributed by atoms with E-state index in [1.165, 1.54) is 6.07 Å². The van der Waals surface area contributed by atoms with Crippen LogP contribution in [0.15, 0.2) is 23.6 Å². The summed E-state index contributed by atoms with van der Waals surface area (Å²) < 4.78 is 41.2. The molecule has 4 amide bonds. The van der Waals surface area contributed by atoms with Crippen molar-refractivity contribution in [3.8, 4) is 5.75 Å². The fourth-order valence-corrected chi connectivity index (χ4v) is 8.54. The lowest BCUT2D eigenvalue weighted by Gasteiger charge is -2.42. The number of nitrogens with zero attached hydrogens (tertiary/aromatic N) is 5. The van der Waals surface area contributed by atoms with Crippen LogP contribution in [0.1, 0.15) is 48.1 Å². The highest BCUT2D eigenvalue weighted by Gasteiger charge is 2.38. The summed E-state index contributed by atoms with van der Waals surface area (Å²) in [5.41, 5.74) is -0.300. The number of piperazine rings is 1. The van der Waals surface area contributed by atoms with Gasteiger partial charge in [-0.1, -0.05) is 11.6 Å². The molecule has 0 unspecified atom stereocenters. The van der Waals surface area contributed by atoms with E-state index in [0.29, 0.717) is 51.6 Å². The first-order chi connectivity index (χ1) is 22.9. The van der Waals surface area contributed by atoms with Crippen molar-refractivity contribution < 1.29 is 32.7 Å². The first-order valence-corrected chi connectivity index (χ1v) is 17.8. The number of carbonyl (C=O) groups excluding carboxylic acids is 3. The van der Waals surface area contributed by atoms with Gasteiger partial charge in [0.1, 0.15) is 5.75 Å². The van der Waals surface area contributed by atoms with Crippen LogP contribution in [0.25, 0.3) is 0 Å². The van der Waals surface area contributed by atoms with Gasteiger partial charge in [-0.2, -0.15) is 13.2 Å². The number of hydrogen-bond donors (Lipinski definition) is 2. The van der Waals surface area contributed by atoms with Gasteiger partial charge in [-0.15, -0.1) is 11.3 Å². The third-order valence-corrected chi connectivity index (χ3v) is 11.5. The molecule has 0 aliphatic carbocycles. The summed E-state index contributed by atoms with van der Waals surface area (Å²) in [6.07, 6.45) is -2.37. The molecule has 5 heterocycles. The van der Waals surface area contributed by atoms with Gasteiger partial charge in [0.2, 0.25) is 11.8 Å². The van der Waals surface area contributed by atoms with Gasteiger partial charge >= 0.3 is 12.2 Å². The zero-order valence-electron chi connectivity index (χ0n) is 27.0.